The van der Waals surface area contributed by atoms with E-state index in [0.29, 0.717) is 6.54 Å². The Kier molecular flexibility index (Phi) is 7.13. The molecular formula is C29H29N5. The number of hydrogen-bond donors (Lipinski definition) is 1. The molecule has 3 aromatic heterocycles. The van der Waals surface area contributed by atoms with Gasteiger partial charge in [0.2, 0.25) is 0 Å². The van der Waals surface area contributed by atoms with Crippen LogP contribution in [0.2, 0.25) is 0 Å². The van der Waals surface area contributed by atoms with E-state index in [0.717, 1.165) is 50.4 Å². The van der Waals surface area contributed by atoms with Crippen molar-refractivity contribution in [1.82, 2.24) is 15.0 Å². The summed E-state index contributed by atoms with van der Waals surface area (Å²) in [5, 5.41) is 4.72. The lowest BCUT2D eigenvalue weighted by molar-refractivity contribution is 1.08. The number of anilines is 2. The number of allylic oxidation sites excluding steroid dienone is 2. The monoisotopic (exact) mass is 447 g/mol. The van der Waals surface area contributed by atoms with Crippen molar-refractivity contribution in [2.24, 2.45) is 0 Å². The third-order valence-corrected chi connectivity index (χ3v) is 5.68. The molecule has 0 spiro atoms. The third-order valence-electron chi connectivity index (χ3n) is 5.68. The number of pyridine rings is 3. The van der Waals surface area contributed by atoms with Crippen molar-refractivity contribution in [2.75, 3.05) is 10.2 Å². The SMILES string of the molecule is C=CN(/C=C\C)c1ccc(CNc2ccnc(C)c2/C(=C\C)c2ccc3ncccc3c2)cn1. The highest BCUT2D eigenvalue weighted by Gasteiger charge is 2.14. The number of rotatable bonds is 8. The molecule has 0 unspecified atom stereocenters. The second-order valence-electron chi connectivity index (χ2n) is 7.88. The minimum absolute atomic E-state index is 0.653. The normalized spacial score (nSPS) is 11.7. The highest BCUT2D eigenvalue weighted by molar-refractivity contribution is 5.91. The first-order chi connectivity index (χ1) is 16.6. The molecule has 0 saturated carbocycles. The summed E-state index contributed by atoms with van der Waals surface area (Å²) in [5.74, 6) is 0.833. The Morgan fingerprint density at radius 2 is 1.91 bits per heavy atom. The Bertz CT molecular complexity index is 1350. The van der Waals surface area contributed by atoms with E-state index >= 15 is 0 Å². The van der Waals surface area contributed by atoms with Crippen molar-refractivity contribution in [3.63, 3.8) is 0 Å². The zero-order valence-electron chi connectivity index (χ0n) is 19.9. The Morgan fingerprint density at radius 1 is 1.03 bits per heavy atom. The molecule has 34 heavy (non-hydrogen) atoms. The largest absolute Gasteiger partial charge is 0.380 e. The molecule has 0 radical (unpaired) electrons. The molecule has 0 saturated heterocycles. The maximum absolute atomic E-state index is 4.58. The fourth-order valence-corrected chi connectivity index (χ4v) is 4.01. The van der Waals surface area contributed by atoms with Crippen LogP contribution < -0.4 is 10.2 Å². The highest BCUT2D eigenvalue weighted by Crippen LogP contribution is 2.33. The van der Waals surface area contributed by atoms with Crippen LogP contribution in [0.15, 0.2) is 98.3 Å². The fraction of sp³-hybridized carbons (Fsp3) is 0.138. The van der Waals surface area contributed by atoms with Gasteiger partial charge in [0.1, 0.15) is 5.82 Å². The second kappa shape index (κ2) is 10.6. The Hall–Kier alpha value is -4.25. The predicted octanol–water partition coefficient (Wildman–Crippen LogP) is 6.88. The van der Waals surface area contributed by atoms with Gasteiger partial charge in [-0.3, -0.25) is 9.97 Å². The highest BCUT2D eigenvalue weighted by atomic mass is 15.1. The molecule has 0 fully saturated rings. The average molecular weight is 448 g/mol. The van der Waals surface area contributed by atoms with Crippen LogP contribution in [-0.2, 0) is 6.54 Å². The van der Waals surface area contributed by atoms with Gasteiger partial charge < -0.3 is 10.2 Å². The van der Waals surface area contributed by atoms with E-state index in [2.05, 4.69) is 70.2 Å². The summed E-state index contributed by atoms with van der Waals surface area (Å²) in [7, 11) is 0. The maximum atomic E-state index is 4.58. The van der Waals surface area contributed by atoms with E-state index in [1.54, 1.807) is 6.20 Å². The molecule has 4 aromatic rings. The first kappa shape index (κ1) is 22.9. The van der Waals surface area contributed by atoms with Gasteiger partial charge in [-0.25, -0.2) is 4.98 Å². The van der Waals surface area contributed by atoms with Crippen LogP contribution in [-0.4, -0.2) is 15.0 Å². The molecule has 1 N–H and O–H groups in total. The molecule has 0 aliphatic carbocycles. The van der Waals surface area contributed by atoms with Gasteiger partial charge in [-0.15, -0.1) is 0 Å². The van der Waals surface area contributed by atoms with Crippen LogP contribution in [0.25, 0.3) is 16.5 Å². The Labute approximate surface area is 201 Å². The zero-order valence-corrected chi connectivity index (χ0v) is 19.9. The summed E-state index contributed by atoms with van der Waals surface area (Å²) >= 11 is 0. The zero-order chi connectivity index (χ0) is 23.9. The lowest BCUT2D eigenvalue weighted by Crippen LogP contribution is -2.09. The van der Waals surface area contributed by atoms with Crippen LogP contribution in [0.1, 0.15) is 36.2 Å². The minimum atomic E-state index is 0.653. The van der Waals surface area contributed by atoms with E-state index in [9.17, 15) is 0 Å². The first-order valence-electron chi connectivity index (χ1n) is 11.3. The number of hydrogen-bond acceptors (Lipinski definition) is 5. The van der Waals surface area contributed by atoms with Gasteiger partial charge >= 0.3 is 0 Å². The Morgan fingerprint density at radius 3 is 2.65 bits per heavy atom. The van der Waals surface area contributed by atoms with Crippen LogP contribution in [0.4, 0.5) is 11.5 Å². The topological polar surface area (TPSA) is 53.9 Å². The molecule has 3 heterocycles. The second-order valence-corrected chi connectivity index (χ2v) is 7.88. The van der Waals surface area contributed by atoms with Crippen molar-refractivity contribution in [2.45, 2.75) is 27.3 Å². The summed E-state index contributed by atoms with van der Waals surface area (Å²) in [6.07, 6.45) is 13.3. The molecule has 5 heteroatoms. The molecule has 4 rings (SSSR count). The predicted molar refractivity (Wildman–Crippen MR) is 143 cm³/mol. The molecule has 0 amide bonds. The van der Waals surface area contributed by atoms with Crippen molar-refractivity contribution in [1.29, 1.82) is 0 Å². The van der Waals surface area contributed by atoms with Gasteiger partial charge in [0.05, 0.1) is 5.52 Å². The number of aromatic nitrogens is 3. The van der Waals surface area contributed by atoms with Gasteiger partial charge in [-0.2, -0.15) is 0 Å². The van der Waals surface area contributed by atoms with Gasteiger partial charge in [0.25, 0.3) is 0 Å². The molecular weight excluding hydrogens is 418 g/mol. The van der Waals surface area contributed by atoms with Crippen molar-refractivity contribution in [3.05, 3.63) is 121 Å². The van der Waals surface area contributed by atoms with Crippen LogP contribution >= 0.6 is 0 Å². The van der Waals surface area contributed by atoms with Crippen molar-refractivity contribution < 1.29 is 0 Å². The Balaban J connectivity index is 1.61. The van der Waals surface area contributed by atoms with Gasteiger partial charge in [-0.1, -0.05) is 36.9 Å². The lowest BCUT2D eigenvalue weighted by atomic mass is 9.94. The number of aryl methyl sites for hydroxylation is 1. The number of benzene rings is 1. The molecule has 0 aliphatic rings. The minimum Gasteiger partial charge on any atom is -0.380 e. The smallest absolute Gasteiger partial charge is 0.136 e. The number of nitrogens with zero attached hydrogens (tertiary/aromatic N) is 4. The van der Waals surface area contributed by atoms with Crippen molar-refractivity contribution in [3.8, 4) is 0 Å². The van der Waals surface area contributed by atoms with Gasteiger partial charge in [-0.05, 0) is 67.8 Å². The molecule has 0 aliphatic heterocycles. The molecule has 5 nitrogen and oxygen atoms in total. The summed E-state index contributed by atoms with van der Waals surface area (Å²) in [6, 6.07) is 16.5. The van der Waals surface area contributed by atoms with Crippen LogP contribution in [0.5, 0.6) is 0 Å². The van der Waals surface area contributed by atoms with Crippen molar-refractivity contribution >= 4 is 28.0 Å². The summed E-state index contributed by atoms with van der Waals surface area (Å²) in [5.41, 5.74) is 7.48. The van der Waals surface area contributed by atoms with E-state index < -0.39 is 0 Å². The van der Waals surface area contributed by atoms with Gasteiger partial charge in [0.15, 0.2) is 0 Å². The summed E-state index contributed by atoms with van der Waals surface area (Å²) in [6.45, 7) is 10.6. The van der Waals surface area contributed by atoms with E-state index in [-0.39, 0.29) is 0 Å². The van der Waals surface area contributed by atoms with E-state index in [1.165, 1.54) is 0 Å². The lowest BCUT2D eigenvalue weighted by Gasteiger charge is -2.18. The number of nitrogens with one attached hydrogen (secondary N) is 1. The molecule has 0 atom stereocenters. The molecule has 1 aromatic carbocycles. The summed E-state index contributed by atoms with van der Waals surface area (Å²) < 4.78 is 0. The quantitative estimate of drug-likeness (QED) is 0.319. The maximum Gasteiger partial charge on any atom is 0.136 e. The third kappa shape index (κ3) is 4.89. The average Bonchev–Trinajstić information content (AvgIpc) is 2.88. The first-order valence-corrected chi connectivity index (χ1v) is 11.3. The summed E-state index contributed by atoms with van der Waals surface area (Å²) in [4.78, 5) is 15.5. The molecule has 170 valence electrons. The molecule has 0 bridgehead atoms. The van der Waals surface area contributed by atoms with Crippen LogP contribution in [0.3, 0.4) is 0 Å². The van der Waals surface area contributed by atoms with E-state index in [4.69, 9.17) is 0 Å². The van der Waals surface area contributed by atoms with Gasteiger partial charge in [0, 0.05) is 59.9 Å². The van der Waals surface area contributed by atoms with E-state index in [1.807, 2.05) is 67.8 Å². The fourth-order valence-electron chi connectivity index (χ4n) is 4.01. The van der Waals surface area contributed by atoms with Crippen LogP contribution in [0, 0.1) is 6.92 Å². The standard InChI is InChI=1S/C29H29N5/c1-5-17-34(7-3)28-13-10-22(20-33-28)19-32-27-14-16-30-21(4)29(27)25(6-2)23-11-12-26-24(18-23)9-8-15-31-26/h5-18,20H,3,19H2,1-2,4H3,(H,30,32)/b17-5-,25-6-. The number of fused-ring (bicyclic) bond motifs is 1.